The number of anilines is 1. The highest BCUT2D eigenvalue weighted by Crippen LogP contribution is 2.54. The van der Waals surface area contributed by atoms with Crippen molar-refractivity contribution in [2.75, 3.05) is 25.2 Å². The summed E-state index contributed by atoms with van der Waals surface area (Å²) in [4.78, 5) is 37.9. The maximum atomic E-state index is 13.7. The Labute approximate surface area is 189 Å². The summed E-state index contributed by atoms with van der Waals surface area (Å²) in [5.74, 6) is 0.0958. The van der Waals surface area contributed by atoms with Crippen molar-refractivity contribution in [3.8, 4) is 11.5 Å². The third-order valence-corrected chi connectivity index (χ3v) is 6.29. The van der Waals surface area contributed by atoms with Crippen LogP contribution in [0.4, 0.5) is 5.69 Å². The van der Waals surface area contributed by atoms with E-state index in [-0.39, 0.29) is 30.1 Å². The van der Waals surface area contributed by atoms with E-state index in [9.17, 15) is 14.4 Å². The van der Waals surface area contributed by atoms with Gasteiger partial charge in [-0.2, -0.15) is 5.01 Å². The SMILES string of the molecule is COc1ccccc1OCCN1C(=O)[C@]2(SC(NC(C)=O)=NN2C(C)=O)c2ccccc21. The number of hydrazone groups is 1. The number of amides is 3. The lowest BCUT2D eigenvalue weighted by Crippen LogP contribution is -2.49. The number of para-hydroxylation sites is 3. The van der Waals surface area contributed by atoms with Gasteiger partial charge >= 0.3 is 0 Å². The van der Waals surface area contributed by atoms with Crippen LogP contribution in [0.15, 0.2) is 53.6 Å². The molecule has 2 aromatic rings. The summed E-state index contributed by atoms with van der Waals surface area (Å²) >= 11 is 1.05. The number of thioether (sulfide) groups is 1. The highest BCUT2D eigenvalue weighted by atomic mass is 32.2. The van der Waals surface area contributed by atoms with Crippen molar-refractivity contribution >= 4 is 40.3 Å². The molecule has 166 valence electrons. The van der Waals surface area contributed by atoms with Crippen LogP contribution in [0.25, 0.3) is 0 Å². The van der Waals surface area contributed by atoms with Crippen LogP contribution in [-0.4, -0.2) is 48.2 Å². The van der Waals surface area contributed by atoms with Gasteiger partial charge in [0.15, 0.2) is 16.7 Å². The molecule has 1 atom stereocenters. The lowest BCUT2D eigenvalue weighted by atomic mass is 10.1. The summed E-state index contributed by atoms with van der Waals surface area (Å²) in [6.45, 7) is 3.14. The number of nitrogens with one attached hydrogen (secondary N) is 1. The minimum Gasteiger partial charge on any atom is -0.493 e. The molecule has 9 nitrogen and oxygen atoms in total. The maximum absolute atomic E-state index is 13.7. The molecule has 1 N–H and O–H groups in total. The number of benzene rings is 2. The van der Waals surface area contributed by atoms with E-state index in [0.717, 1.165) is 16.8 Å². The molecule has 0 bridgehead atoms. The molecular formula is C22H22N4O5S. The topological polar surface area (TPSA) is 101 Å². The first-order chi connectivity index (χ1) is 15.4. The third-order valence-electron chi connectivity index (χ3n) is 5.05. The van der Waals surface area contributed by atoms with Gasteiger partial charge in [0.2, 0.25) is 16.7 Å². The van der Waals surface area contributed by atoms with Crippen molar-refractivity contribution in [1.82, 2.24) is 10.3 Å². The van der Waals surface area contributed by atoms with Crippen LogP contribution in [0.2, 0.25) is 0 Å². The van der Waals surface area contributed by atoms with E-state index in [0.29, 0.717) is 22.7 Å². The van der Waals surface area contributed by atoms with E-state index in [1.807, 2.05) is 24.3 Å². The second-order valence-corrected chi connectivity index (χ2v) is 8.32. The van der Waals surface area contributed by atoms with Crippen LogP contribution in [0, 0.1) is 0 Å². The number of fused-ring (bicyclic) bond motifs is 2. The molecule has 32 heavy (non-hydrogen) atoms. The number of hydrogen-bond donors (Lipinski definition) is 1. The van der Waals surface area contributed by atoms with Gasteiger partial charge < -0.3 is 19.7 Å². The summed E-state index contributed by atoms with van der Waals surface area (Å²) in [6, 6.07) is 14.5. The van der Waals surface area contributed by atoms with Gasteiger partial charge in [-0.15, -0.1) is 5.10 Å². The van der Waals surface area contributed by atoms with Gasteiger partial charge in [-0.25, -0.2) is 0 Å². The fourth-order valence-corrected chi connectivity index (χ4v) is 5.10. The summed E-state index contributed by atoms with van der Waals surface area (Å²) in [7, 11) is 1.56. The van der Waals surface area contributed by atoms with Gasteiger partial charge in [-0.3, -0.25) is 14.4 Å². The van der Waals surface area contributed by atoms with E-state index in [1.165, 1.54) is 13.8 Å². The van der Waals surface area contributed by atoms with Crippen LogP contribution >= 0.6 is 11.8 Å². The van der Waals surface area contributed by atoms with Gasteiger partial charge in [0, 0.05) is 19.4 Å². The summed E-state index contributed by atoms with van der Waals surface area (Å²) in [5.41, 5.74) is 1.30. The number of ether oxygens (including phenoxy) is 2. The third kappa shape index (κ3) is 3.56. The first-order valence-electron chi connectivity index (χ1n) is 9.91. The Hall–Kier alpha value is -3.53. The van der Waals surface area contributed by atoms with Crippen LogP contribution in [0.5, 0.6) is 11.5 Å². The molecule has 0 unspecified atom stereocenters. The van der Waals surface area contributed by atoms with Crippen LogP contribution in [0.3, 0.4) is 0 Å². The quantitative estimate of drug-likeness (QED) is 0.744. The predicted octanol–water partition coefficient (Wildman–Crippen LogP) is 2.28. The first-order valence-corrected chi connectivity index (χ1v) is 10.7. The number of methoxy groups -OCH3 is 1. The molecule has 2 aliphatic rings. The van der Waals surface area contributed by atoms with Crippen LogP contribution in [0.1, 0.15) is 19.4 Å². The fraction of sp³-hybridized carbons (Fsp3) is 0.273. The van der Waals surface area contributed by atoms with E-state index < -0.39 is 10.8 Å². The van der Waals surface area contributed by atoms with Gasteiger partial charge in [0.25, 0.3) is 5.91 Å². The van der Waals surface area contributed by atoms with Crippen molar-refractivity contribution in [1.29, 1.82) is 0 Å². The Morgan fingerprint density at radius 1 is 1.09 bits per heavy atom. The van der Waals surface area contributed by atoms with Crippen molar-refractivity contribution in [3.05, 3.63) is 54.1 Å². The molecule has 0 saturated carbocycles. The highest BCUT2D eigenvalue weighted by Gasteiger charge is 2.61. The average molecular weight is 455 g/mol. The molecule has 0 aromatic heterocycles. The number of carbonyl (C=O) groups excluding carboxylic acids is 3. The molecule has 2 aromatic carbocycles. The minimum absolute atomic E-state index is 0.197. The Kier molecular flexibility index (Phi) is 5.79. The molecule has 1 spiro atoms. The molecule has 0 fully saturated rings. The number of hydrogen-bond acceptors (Lipinski definition) is 7. The number of amidine groups is 1. The Morgan fingerprint density at radius 2 is 1.78 bits per heavy atom. The van der Waals surface area contributed by atoms with Gasteiger partial charge in [-0.1, -0.05) is 30.3 Å². The number of rotatable bonds is 5. The molecule has 0 radical (unpaired) electrons. The molecule has 2 aliphatic heterocycles. The molecule has 3 amide bonds. The molecule has 10 heteroatoms. The summed E-state index contributed by atoms with van der Waals surface area (Å²) in [5, 5.41) is 8.17. The average Bonchev–Trinajstić information content (AvgIpc) is 3.26. The van der Waals surface area contributed by atoms with Crippen LogP contribution in [-0.2, 0) is 19.3 Å². The molecular weight excluding hydrogens is 432 g/mol. The standard InChI is InChI=1S/C22H22N4O5S/c1-14(27)23-21-24-26(15(2)28)22(32-21)16-8-4-5-9-17(16)25(20(22)29)12-13-31-19-11-7-6-10-18(19)30-3/h4-11H,12-13H2,1-3H3,(H,23,24,27)/t22-/m1/s1. The van der Waals surface area contributed by atoms with Crippen molar-refractivity contribution in [2.24, 2.45) is 5.10 Å². The molecule has 2 heterocycles. The lowest BCUT2D eigenvalue weighted by Gasteiger charge is -2.29. The van der Waals surface area contributed by atoms with Gasteiger partial charge in [0.1, 0.15) is 6.61 Å². The van der Waals surface area contributed by atoms with E-state index in [1.54, 1.807) is 36.3 Å². The predicted molar refractivity (Wildman–Crippen MR) is 120 cm³/mol. The monoisotopic (exact) mass is 454 g/mol. The largest absolute Gasteiger partial charge is 0.493 e. The van der Waals surface area contributed by atoms with Gasteiger partial charge in [-0.05, 0) is 30.0 Å². The zero-order valence-corrected chi connectivity index (χ0v) is 18.6. The molecule has 4 rings (SSSR count). The second kappa shape index (κ2) is 8.54. The molecule has 0 aliphatic carbocycles. The van der Waals surface area contributed by atoms with Crippen molar-refractivity contribution in [2.45, 2.75) is 18.7 Å². The Balaban J connectivity index is 1.62. The Bertz CT molecular complexity index is 1120. The number of nitrogens with zero attached hydrogens (tertiary/aromatic N) is 3. The number of carbonyl (C=O) groups is 3. The normalized spacial score (nSPS) is 19.1. The lowest BCUT2D eigenvalue weighted by molar-refractivity contribution is -0.139. The van der Waals surface area contributed by atoms with Crippen molar-refractivity contribution in [3.63, 3.8) is 0 Å². The zero-order valence-electron chi connectivity index (χ0n) is 17.8. The van der Waals surface area contributed by atoms with Gasteiger partial charge in [0.05, 0.1) is 19.3 Å². The smallest absolute Gasteiger partial charge is 0.270 e. The summed E-state index contributed by atoms with van der Waals surface area (Å²) < 4.78 is 11.2. The minimum atomic E-state index is -1.41. The van der Waals surface area contributed by atoms with E-state index in [2.05, 4.69) is 10.4 Å². The van der Waals surface area contributed by atoms with E-state index >= 15 is 0 Å². The van der Waals surface area contributed by atoms with Crippen molar-refractivity contribution < 1.29 is 23.9 Å². The van der Waals surface area contributed by atoms with Crippen LogP contribution < -0.4 is 19.7 Å². The summed E-state index contributed by atoms with van der Waals surface area (Å²) in [6.07, 6.45) is 0. The fourth-order valence-electron chi connectivity index (χ4n) is 3.77. The molecule has 0 saturated heterocycles. The Morgan fingerprint density at radius 3 is 2.47 bits per heavy atom. The van der Waals surface area contributed by atoms with E-state index in [4.69, 9.17) is 9.47 Å². The zero-order chi connectivity index (χ0) is 22.9. The highest BCUT2D eigenvalue weighted by molar-refractivity contribution is 8.15. The maximum Gasteiger partial charge on any atom is 0.270 e. The first kappa shape index (κ1) is 21.7. The second-order valence-electron chi connectivity index (χ2n) is 7.14.